The lowest BCUT2D eigenvalue weighted by Gasteiger charge is -2.19. The van der Waals surface area contributed by atoms with Gasteiger partial charge < -0.3 is 14.4 Å². The van der Waals surface area contributed by atoms with Crippen LogP contribution in [0.4, 0.5) is 0 Å². The van der Waals surface area contributed by atoms with Gasteiger partial charge in [0.2, 0.25) is 0 Å². The summed E-state index contributed by atoms with van der Waals surface area (Å²) in [4.78, 5) is 41.4. The van der Waals surface area contributed by atoms with E-state index in [-0.39, 0.29) is 24.9 Å². The van der Waals surface area contributed by atoms with Crippen molar-refractivity contribution in [3.8, 4) is 0 Å². The average molecular weight is 306 g/mol. The first-order valence-corrected chi connectivity index (χ1v) is 6.53. The molecule has 0 aromatic heterocycles. The first-order valence-electron chi connectivity index (χ1n) is 6.53. The third-order valence-electron chi connectivity index (χ3n) is 3.47. The van der Waals surface area contributed by atoms with Gasteiger partial charge in [-0.3, -0.25) is 4.79 Å². The molecule has 0 N–H and O–H groups in total. The number of rotatable bonds is 7. The second-order valence-corrected chi connectivity index (χ2v) is 5.29. The first kappa shape index (κ1) is 16.9. The van der Waals surface area contributed by atoms with Gasteiger partial charge >= 0.3 is 5.97 Å². The Bertz CT molecular complexity index is 389. The average Bonchev–Trinajstić information content (AvgIpc) is 2.70. The van der Waals surface area contributed by atoms with E-state index in [1.54, 1.807) is 6.92 Å². The van der Waals surface area contributed by atoms with E-state index in [9.17, 15) is 25.0 Å². The van der Waals surface area contributed by atoms with E-state index in [1.807, 2.05) is 13.8 Å². The van der Waals surface area contributed by atoms with Crippen molar-refractivity contribution in [2.45, 2.75) is 51.9 Å². The second-order valence-electron chi connectivity index (χ2n) is 5.29. The standard InChI is InChI=1S/C11H18N2O8/c1-6(2)7(3)19-11(14)8-4-9(20-12(15)16)10(5-8)21-13(17)18/h6-10H,4-5H2,1-3H3. The largest absolute Gasteiger partial charge is 0.462 e. The quantitative estimate of drug-likeness (QED) is 0.388. The predicted octanol–water partition coefficient (Wildman–Crippen LogP) is 1.14. The van der Waals surface area contributed by atoms with Crippen LogP contribution in [0.1, 0.15) is 33.6 Å². The second kappa shape index (κ2) is 7.04. The van der Waals surface area contributed by atoms with Gasteiger partial charge in [0.1, 0.15) is 18.3 Å². The molecule has 0 aromatic carbocycles. The Morgan fingerprint density at radius 2 is 1.48 bits per heavy atom. The molecule has 1 aliphatic carbocycles. The summed E-state index contributed by atoms with van der Waals surface area (Å²) in [5.74, 6) is -1.16. The zero-order valence-corrected chi connectivity index (χ0v) is 12.0. The molecular weight excluding hydrogens is 288 g/mol. The Kier molecular flexibility index (Phi) is 5.68. The third kappa shape index (κ3) is 5.04. The zero-order valence-electron chi connectivity index (χ0n) is 12.0. The van der Waals surface area contributed by atoms with Gasteiger partial charge in [0, 0.05) is 0 Å². The summed E-state index contributed by atoms with van der Waals surface area (Å²) >= 11 is 0. The van der Waals surface area contributed by atoms with Crippen LogP contribution in [0, 0.1) is 32.1 Å². The minimum atomic E-state index is -1.16. The fourth-order valence-corrected chi connectivity index (χ4v) is 2.01. The van der Waals surface area contributed by atoms with Crippen molar-refractivity contribution in [2.24, 2.45) is 11.8 Å². The molecule has 0 bridgehead atoms. The molecule has 0 saturated heterocycles. The molecule has 1 saturated carbocycles. The Labute approximate surface area is 120 Å². The lowest BCUT2D eigenvalue weighted by Crippen LogP contribution is -2.30. The summed E-state index contributed by atoms with van der Waals surface area (Å²) in [5.41, 5.74) is 0. The highest BCUT2D eigenvalue weighted by molar-refractivity contribution is 5.73. The molecule has 0 spiro atoms. The van der Waals surface area contributed by atoms with Crippen molar-refractivity contribution in [1.29, 1.82) is 0 Å². The van der Waals surface area contributed by atoms with E-state index < -0.39 is 34.3 Å². The number of ether oxygens (including phenoxy) is 1. The maximum atomic E-state index is 11.9. The van der Waals surface area contributed by atoms with Crippen LogP contribution in [0.2, 0.25) is 0 Å². The highest BCUT2D eigenvalue weighted by Gasteiger charge is 2.43. The van der Waals surface area contributed by atoms with E-state index >= 15 is 0 Å². The van der Waals surface area contributed by atoms with Crippen LogP contribution in [0.3, 0.4) is 0 Å². The molecule has 21 heavy (non-hydrogen) atoms. The molecular formula is C11H18N2O8. The van der Waals surface area contributed by atoms with Gasteiger partial charge in [0.05, 0.1) is 5.92 Å². The van der Waals surface area contributed by atoms with Crippen molar-refractivity contribution < 1.29 is 29.4 Å². The molecule has 10 nitrogen and oxygen atoms in total. The fourth-order valence-electron chi connectivity index (χ4n) is 2.01. The van der Waals surface area contributed by atoms with E-state index in [1.165, 1.54) is 0 Å². The topological polar surface area (TPSA) is 131 Å². The highest BCUT2D eigenvalue weighted by Crippen LogP contribution is 2.32. The van der Waals surface area contributed by atoms with Crippen molar-refractivity contribution in [3.05, 3.63) is 20.2 Å². The molecule has 1 rings (SSSR count). The predicted molar refractivity (Wildman–Crippen MR) is 66.9 cm³/mol. The lowest BCUT2D eigenvalue weighted by atomic mass is 10.1. The Hall–Kier alpha value is -2.13. The molecule has 1 aliphatic rings. The summed E-state index contributed by atoms with van der Waals surface area (Å²) in [6.07, 6.45) is -2.73. The monoisotopic (exact) mass is 306 g/mol. The fraction of sp³-hybridized carbons (Fsp3) is 0.909. The Morgan fingerprint density at radius 3 is 1.81 bits per heavy atom. The highest BCUT2D eigenvalue weighted by atomic mass is 17.0. The number of esters is 1. The van der Waals surface area contributed by atoms with Gasteiger partial charge in [-0.25, -0.2) is 0 Å². The molecule has 3 unspecified atom stereocenters. The lowest BCUT2D eigenvalue weighted by molar-refractivity contribution is -0.797. The van der Waals surface area contributed by atoms with Crippen molar-refractivity contribution in [2.75, 3.05) is 0 Å². The number of carbonyl (C=O) groups is 1. The van der Waals surface area contributed by atoms with Gasteiger partial charge in [-0.2, -0.15) is 0 Å². The van der Waals surface area contributed by atoms with Crippen LogP contribution in [-0.4, -0.2) is 34.5 Å². The summed E-state index contributed by atoms with van der Waals surface area (Å²) in [5, 5.41) is 18.6. The number of hydrogen-bond donors (Lipinski definition) is 0. The van der Waals surface area contributed by atoms with Crippen LogP contribution in [-0.2, 0) is 19.2 Å². The Balaban J connectivity index is 2.67. The molecule has 0 aromatic rings. The SMILES string of the molecule is CC(C)C(C)OC(=O)C1CC(O[N+](=O)[O-])C(O[N+](=O)[O-])C1. The first-order chi connectivity index (χ1) is 9.70. The van der Waals surface area contributed by atoms with Crippen LogP contribution < -0.4 is 0 Å². The van der Waals surface area contributed by atoms with Crippen molar-refractivity contribution >= 4 is 5.97 Å². The smallest absolute Gasteiger partial charge is 0.309 e. The van der Waals surface area contributed by atoms with E-state index in [2.05, 4.69) is 9.68 Å². The molecule has 0 radical (unpaired) electrons. The zero-order chi connectivity index (χ0) is 16.2. The van der Waals surface area contributed by atoms with Crippen LogP contribution >= 0.6 is 0 Å². The van der Waals surface area contributed by atoms with E-state index in [0.717, 1.165) is 0 Å². The normalized spacial score (nSPS) is 26.2. The number of carbonyl (C=O) groups excluding carboxylic acids is 1. The van der Waals surface area contributed by atoms with Gasteiger partial charge in [0.15, 0.2) is 0 Å². The van der Waals surface area contributed by atoms with Crippen LogP contribution in [0.5, 0.6) is 0 Å². The van der Waals surface area contributed by atoms with E-state index in [4.69, 9.17) is 4.74 Å². The number of hydrogen-bond acceptors (Lipinski definition) is 8. The third-order valence-corrected chi connectivity index (χ3v) is 3.47. The summed E-state index contributed by atoms with van der Waals surface area (Å²) in [6.45, 7) is 5.49. The maximum Gasteiger partial charge on any atom is 0.309 e. The molecule has 0 amide bonds. The maximum absolute atomic E-state index is 11.9. The summed E-state index contributed by atoms with van der Waals surface area (Å²) in [6, 6.07) is 0. The molecule has 0 aliphatic heterocycles. The van der Waals surface area contributed by atoms with Gasteiger partial charge in [0.25, 0.3) is 10.2 Å². The molecule has 120 valence electrons. The summed E-state index contributed by atoms with van der Waals surface area (Å²) in [7, 11) is 0. The molecule has 1 fully saturated rings. The van der Waals surface area contributed by atoms with Crippen molar-refractivity contribution in [3.63, 3.8) is 0 Å². The van der Waals surface area contributed by atoms with Gasteiger partial charge in [-0.15, -0.1) is 20.2 Å². The molecule has 0 heterocycles. The van der Waals surface area contributed by atoms with Crippen molar-refractivity contribution in [1.82, 2.24) is 0 Å². The van der Waals surface area contributed by atoms with Gasteiger partial charge in [-0.1, -0.05) is 13.8 Å². The van der Waals surface area contributed by atoms with Gasteiger partial charge in [-0.05, 0) is 25.7 Å². The number of nitrogens with zero attached hydrogens (tertiary/aromatic N) is 2. The minimum Gasteiger partial charge on any atom is -0.462 e. The van der Waals surface area contributed by atoms with Crippen LogP contribution in [0.25, 0.3) is 0 Å². The summed E-state index contributed by atoms with van der Waals surface area (Å²) < 4.78 is 5.21. The van der Waals surface area contributed by atoms with Crippen LogP contribution in [0.15, 0.2) is 0 Å². The van der Waals surface area contributed by atoms with E-state index in [0.29, 0.717) is 0 Å². The minimum absolute atomic E-state index is 0.0524. The molecule has 3 atom stereocenters. The Morgan fingerprint density at radius 1 is 1.05 bits per heavy atom. The molecule has 10 heteroatoms.